The minimum atomic E-state index is -0.134. The number of para-hydroxylation sites is 1. The van der Waals surface area contributed by atoms with Crippen LogP contribution in [0.3, 0.4) is 0 Å². The highest BCUT2D eigenvalue weighted by Gasteiger charge is 2.05. The Hall–Kier alpha value is -2.60. The maximum absolute atomic E-state index is 12.0. The lowest BCUT2D eigenvalue weighted by molar-refractivity contribution is -0.119. The molecule has 150 valence electrons. The first-order valence-corrected chi connectivity index (χ1v) is 10.1. The Kier molecular flexibility index (Phi) is 9.86. The predicted molar refractivity (Wildman–Crippen MR) is 117 cm³/mol. The van der Waals surface area contributed by atoms with E-state index in [4.69, 9.17) is 21.7 Å². The third-order valence-corrected chi connectivity index (χ3v) is 4.15. The van der Waals surface area contributed by atoms with E-state index >= 15 is 0 Å². The van der Waals surface area contributed by atoms with Gasteiger partial charge < -0.3 is 20.1 Å². The number of unbranched alkanes of at least 4 members (excludes halogenated alkanes) is 2. The van der Waals surface area contributed by atoms with Crippen LogP contribution in [-0.4, -0.2) is 24.2 Å². The average Bonchev–Trinajstić information content (AvgIpc) is 2.70. The van der Waals surface area contributed by atoms with E-state index in [0.29, 0.717) is 19.4 Å². The molecule has 0 spiro atoms. The second-order valence-corrected chi connectivity index (χ2v) is 6.76. The summed E-state index contributed by atoms with van der Waals surface area (Å²) in [6.07, 6.45) is 4.37. The van der Waals surface area contributed by atoms with Gasteiger partial charge in [-0.3, -0.25) is 4.79 Å². The summed E-state index contributed by atoms with van der Waals surface area (Å²) in [6, 6.07) is 17.1. The number of carbonyl (C=O) groups is 1. The molecule has 28 heavy (non-hydrogen) atoms. The molecule has 1 amide bonds. The van der Waals surface area contributed by atoms with Gasteiger partial charge in [0.2, 0.25) is 5.91 Å². The normalized spacial score (nSPS) is 10.2. The largest absolute Gasteiger partial charge is 0.494 e. The zero-order valence-electron chi connectivity index (χ0n) is 16.3. The van der Waals surface area contributed by atoms with Gasteiger partial charge in [-0.1, -0.05) is 38.0 Å². The molecule has 0 atom stereocenters. The number of ether oxygens (including phenoxy) is 2. The van der Waals surface area contributed by atoms with Crippen LogP contribution in [0.5, 0.6) is 11.5 Å². The van der Waals surface area contributed by atoms with E-state index in [1.54, 1.807) is 0 Å². The fourth-order valence-electron chi connectivity index (χ4n) is 2.47. The minimum absolute atomic E-state index is 0.134. The Morgan fingerprint density at radius 1 is 0.893 bits per heavy atom. The van der Waals surface area contributed by atoms with Crippen molar-refractivity contribution >= 4 is 28.9 Å². The highest BCUT2D eigenvalue weighted by atomic mass is 32.1. The number of benzene rings is 2. The summed E-state index contributed by atoms with van der Waals surface area (Å²) in [6.45, 7) is 3.38. The number of anilines is 1. The van der Waals surface area contributed by atoms with Crippen LogP contribution in [0.15, 0.2) is 54.6 Å². The van der Waals surface area contributed by atoms with Crippen molar-refractivity contribution in [1.82, 2.24) is 5.32 Å². The summed E-state index contributed by atoms with van der Waals surface area (Å²) in [4.78, 5) is 12.0. The number of amides is 1. The summed E-state index contributed by atoms with van der Waals surface area (Å²) in [5.41, 5.74) is 0.804. The van der Waals surface area contributed by atoms with Crippen molar-refractivity contribution in [3.05, 3.63) is 54.6 Å². The third kappa shape index (κ3) is 8.86. The van der Waals surface area contributed by atoms with Crippen molar-refractivity contribution in [3.8, 4) is 11.5 Å². The molecule has 2 aromatic carbocycles. The summed E-state index contributed by atoms with van der Waals surface area (Å²) in [5, 5.41) is 5.97. The van der Waals surface area contributed by atoms with Crippen LogP contribution in [0.4, 0.5) is 5.69 Å². The molecule has 5 nitrogen and oxygen atoms in total. The van der Waals surface area contributed by atoms with Gasteiger partial charge in [0.25, 0.3) is 0 Å². The number of thiocarbonyl (C=S) groups is 1. The highest BCUT2D eigenvalue weighted by Crippen LogP contribution is 2.16. The smallest absolute Gasteiger partial charge is 0.226 e. The lowest BCUT2D eigenvalue weighted by Crippen LogP contribution is -2.34. The summed E-state index contributed by atoms with van der Waals surface area (Å²) < 4.78 is 11.2. The van der Waals surface area contributed by atoms with Gasteiger partial charge in [0.15, 0.2) is 5.11 Å². The van der Waals surface area contributed by atoms with Crippen molar-refractivity contribution in [2.24, 2.45) is 0 Å². The van der Waals surface area contributed by atoms with Crippen LogP contribution in [0, 0.1) is 0 Å². The molecule has 0 aromatic heterocycles. The Labute approximate surface area is 172 Å². The Bertz CT molecular complexity index is 720. The molecule has 0 radical (unpaired) electrons. The monoisotopic (exact) mass is 400 g/mol. The van der Waals surface area contributed by atoms with Crippen molar-refractivity contribution in [2.45, 2.75) is 39.0 Å². The van der Waals surface area contributed by atoms with E-state index in [-0.39, 0.29) is 11.0 Å². The maximum atomic E-state index is 12.0. The third-order valence-electron chi connectivity index (χ3n) is 3.94. The van der Waals surface area contributed by atoms with E-state index < -0.39 is 0 Å². The first-order valence-electron chi connectivity index (χ1n) is 9.69. The number of hydrogen-bond donors (Lipinski definition) is 2. The van der Waals surface area contributed by atoms with E-state index in [2.05, 4.69) is 17.6 Å². The molecule has 0 heterocycles. The molecular weight excluding hydrogens is 372 g/mol. The molecule has 0 fully saturated rings. The molecule has 6 heteroatoms. The quantitative estimate of drug-likeness (QED) is 0.414. The van der Waals surface area contributed by atoms with Crippen LogP contribution >= 0.6 is 12.2 Å². The van der Waals surface area contributed by atoms with Gasteiger partial charge in [0.1, 0.15) is 11.5 Å². The standard InChI is InChI=1S/C22H28N2O3S/c1-2-3-7-16-26-20-14-12-18(13-15-20)23-22(28)24-21(25)11-8-17-27-19-9-5-4-6-10-19/h4-6,9-10,12-15H,2-3,7-8,11,16-17H2,1H3,(H2,23,24,25,28). The lowest BCUT2D eigenvalue weighted by atomic mass is 10.2. The van der Waals surface area contributed by atoms with Crippen molar-refractivity contribution in [3.63, 3.8) is 0 Å². The van der Waals surface area contributed by atoms with Gasteiger partial charge in [-0.25, -0.2) is 0 Å². The van der Waals surface area contributed by atoms with Crippen molar-refractivity contribution < 1.29 is 14.3 Å². The Balaban J connectivity index is 1.62. The summed E-state index contributed by atoms with van der Waals surface area (Å²) in [5.74, 6) is 1.50. The summed E-state index contributed by atoms with van der Waals surface area (Å²) >= 11 is 5.19. The van der Waals surface area contributed by atoms with Gasteiger partial charge in [-0.15, -0.1) is 0 Å². The molecule has 0 saturated heterocycles. The van der Waals surface area contributed by atoms with Crippen LogP contribution in [0.2, 0.25) is 0 Å². The molecular formula is C22H28N2O3S. The molecule has 2 N–H and O–H groups in total. The second-order valence-electron chi connectivity index (χ2n) is 6.35. The predicted octanol–water partition coefficient (Wildman–Crippen LogP) is 4.93. The zero-order valence-corrected chi connectivity index (χ0v) is 17.1. The van der Waals surface area contributed by atoms with E-state index in [0.717, 1.165) is 30.2 Å². The van der Waals surface area contributed by atoms with Gasteiger partial charge in [0, 0.05) is 12.1 Å². The molecule has 0 bridgehead atoms. The van der Waals surface area contributed by atoms with E-state index in [1.807, 2.05) is 54.6 Å². The minimum Gasteiger partial charge on any atom is -0.494 e. The topological polar surface area (TPSA) is 59.6 Å². The maximum Gasteiger partial charge on any atom is 0.226 e. The number of rotatable bonds is 11. The SMILES string of the molecule is CCCCCOc1ccc(NC(=S)NC(=O)CCCOc2ccccc2)cc1. The van der Waals surface area contributed by atoms with Gasteiger partial charge in [-0.05, 0) is 61.5 Å². The fourth-order valence-corrected chi connectivity index (χ4v) is 2.70. The molecule has 0 aliphatic carbocycles. The second kappa shape index (κ2) is 12.7. The van der Waals surface area contributed by atoms with Crippen molar-refractivity contribution in [2.75, 3.05) is 18.5 Å². The molecule has 2 rings (SSSR count). The first kappa shape index (κ1) is 21.7. The van der Waals surface area contributed by atoms with Crippen molar-refractivity contribution in [1.29, 1.82) is 0 Å². The van der Waals surface area contributed by atoms with Gasteiger partial charge >= 0.3 is 0 Å². The fraction of sp³-hybridized carbons (Fsp3) is 0.364. The highest BCUT2D eigenvalue weighted by molar-refractivity contribution is 7.80. The number of hydrogen-bond acceptors (Lipinski definition) is 4. The van der Waals surface area contributed by atoms with Gasteiger partial charge in [-0.2, -0.15) is 0 Å². The molecule has 0 aliphatic heterocycles. The first-order chi connectivity index (χ1) is 13.7. The van der Waals surface area contributed by atoms with E-state index in [9.17, 15) is 4.79 Å². The van der Waals surface area contributed by atoms with Crippen LogP contribution in [0.25, 0.3) is 0 Å². The zero-order chi connectivity index (χ0) is 20.0. The van der Waals surface area contributed by atoms with E-state index in [1.165, 1.54) is 12.8 Å². The van der Waals surface area contributed by atoms with Crippen LogP contribution < -0.4 is 20.1 Å². The summed E-state index contributed by atoms with van der Waals surface area (Å²) in [7, 11) is 0. The Morgan fingerprint density at radius 2 is 1.54 bits per heavy atom. The lowest BCUT2D eigenvalue weighted by Gasteiger charge is -2.11. The molecule has 0 aliphatic rings. The molecule has 0 unspecified atom stereocenters. The van der Waals surface area contributed by atoms with Crippen LogP contribution in [0.1, 0.15) is 39.0 Å². The average molecular weight is 401 g/mol. The Morgan fingerprint density at radius 3 is 2.21 bits per heavy atom. The van der Waals surface area contributed by atoms with Gasteiger partial charge in [0.05, 0.1) is 13.2 Å². The number of carbonyl (C=O) groups excluding carboxylic acids is 1. The molecule has 0 saturated carbocycles. The number of nitrogens with one attached hydrogen (secondary N) is 2. The molecule has 2 aromatic rings. The van der Waals surface area contributed by atoms with Crippen LogP contribution in [-0.2, 0) is 4.79 Å².